The van der Waals surface area contributed by atoms with Gasteiger partial charge < -0.3 is 21.3 Å². The van der Waals surface area contributed by atoms with Gasteiger partial charge in [0, 0.05) is 51.4 Å². The lowest BCUT2D eigenvalue weighted by Crippen LogP contribution is -2.37. The number of hydrogen-bond donors (Lipinski definition) is 4. The van der Waals surface area contributed by atoms with Crippen molar-refractivity contribution in [3.05, 3.63) is 0 Å². The van der Waals surface area contributed by atoms with Crippen LogP contribution in [0.3, 0.4) is 0 Å². The maximum atomic E-state index is 3.40. The van der Waals surface area contributed by atoms with Crippen molar-refractivity contribution < 1.29 is 0 Å². The molecule has 0 aliphatic rings. The van der Waals surface area contributed by atoms with Crippen LogP contribution in [-0.2, 0) is 0 Å². The molecule has 0 amide bonds. The molecule has 0 radical (unpaired) electrons. The Balaban J connectivity index is 2.93. The van der Waals surface area contributed by atoms with Crippen molar-refractivity contribution in [1.29, 1.82) is 0 Å². The van der Waals surface area contributed by atoms with E-state index in [0.717, 1.165) is 39.3 Å². The Morgan fingerprint density at radius 1 is 0.562 bits per heavy atom. The monoisotopic (exact) mass is 230 g/mol. The zero-order chi connectivity index (χ0) is 12.2. The molecule has 98 valence electrons. The fraction of sp³-hybridized carbons (Fsp3) is 1.00. The van der Waals surface area contributed by atoms with Gasteiger partial charge in [-0.1, -0.05) is 27.7 Å². The van der Waals surface area contributed by atoms with Crippen LogP contribution in [0.1, 0.15) is 27.7 Å². The third-order valence-electron chi connectivity index (χ3n) is 2.19. The summed E-state index contributed by atoms with van der Waals surface area (Å²) in [6, 6.07) is 1.17. The van der Waals surface area contributed by atoms with Gasteiger partial charge in [-0.15, -0.1) is 0 Å². The third kappa shape index (κ3) is 13.8. The summed E-state index contributed by atoms with van der Waals surface area (Å²) >= 11 is 0. The van der Waals surface area contributed by atoms with Crippen molar-refractivity contribution in [1.82, 2.24) is 21.3 Å². The average molecular weight is 230 g/mol. The van der Waals surface area contributed by atoms with E-state index in [-0.39, 0.29) is 0 Å². The van der Waals surface area contributed by atoms with Crippen LogP contribution < -0.4 is 21.3 Å². The minimum absolute atomic E-state index is 0.585. The van der Waals surface area contributed by atoms with Crippen LogP contribution in [0.5, 0.6) is 0 Å². The van der Waals surface area contributed by atoms with E-state index in [4.69, 9.17) is 0 Å². The Morgan fingerprint density at radius 3 is 1.19 bits per heavy atom. The summed E-state index contributed by atoms with van der Waals surface area (Å²) < 4.78 is 0. The van der Waals surface area contributed by atoms with E-state index in [1.807, 2.05) is 0 Å². The van der Waals surface area contributed by atoms with Crippen molar-refractivity contribution in [2.24, 2.45) is 0 Å². The molecule has 0 fully saturated rings. The molecule has 16 heavy (non-hydrogen) atoms. The minimum Gasteiger partial charge on any atom is -0.314 e. The number of nitrogens with one attached hydrogen (secondary N) is 4. The lowest BCUT2D eigenvalue weighted by atomic mass is 10.4. The van der Waals surface area contributed by atoms with E-state index < -0.39 is 0 Å². The van der Waals surface area contributed by atoms with E-state index >= 15 is 0 Å². The highest BCUT2D eigenvalue weighted by atomic mass is 15.0. The second-order valence-electron chi connectivity index (χ2n) is 4.72. The molecular weight excluding hydrogens is 200 g/mol. The molecule has 0 saturated carbocycles. The Bertz CT molecular complexity index is 121. The van der Waals surface area contributed by atoms with Gasteiger partial charge in [0.1, 0.15) is 0 Å². The zero-order valence-electron chi connectivity index (χ0n) is 11.4. The van der Waals surface area contributed by atoms with Crippen LogP contribution >= 0.6 is 0 Å². The van der Waals surface area contributed by atoms with Crippen molar-refractivity contribution >= 4 is 0 Å². The Morgan fingerprint density at radius 2 is 0.875 bits per heavy atom. The molecule has 0 aliphatic carbocycles. The quantitative estimate of drug-likeness (QED) is 0.382. The van der Waals surface area contributed by atoms with Crippen molar-refractivity contribution in [3.8, 4) is 0 Å². The summed E-state index contributed by atoms with van der Waals surface area (Å²) in [6.07, 6.45) is 0. The molecule has 0 heterocycles. The summed E-state index contributed by atoms with van der Waals surface area (Å²) in [5.74, 6) is 0. The summed E-state index contributed by atoms with van der Waals surface area (Å²) in [7, 11) is 0. The Hall–Kier alpha value is -0.160. The van der Waals surface area contributed by atoms with Crippen molar-refractivity contribution in [3.63, 3.8) is 0 Å². The highest BCUT2D eigenvalue weighted by Gasteiger charge is 1.92. The van der Waals surface area contributed by atoms with E-state index in [9.17, 15) is 0 Å². The fourth-order valence-corrected chi connectivity index (χ4v) is 1.33. The normalized spacial score (nSPS) is 11.6. The molecule has 4 heteroatoms. The first-order valence-electron chi connectivity index (χ1n) is 6.51. The van der Waals surface area contributed by atoms with Crippen LogP contribution in [-0.4, -0.2) is 51.4 Å². The molecule has 0 rings (SSSR count). The van der Waals surface area contributed by atoms with E-state index in [1.54, 1.807) is 0 Å². The van der Waals surface area contributed by atoms with Crippen LogP contribution in [0.2, 0.25) is 0 Å². The van der Waals surface area contributed by atoms with Gasteiger partial charge in [-0.25, -0.2) is 0 Å². The summed E-state index contributed by atoms with van der Waals surface area (Å²) in [5.41, 5.74) is 0. The maximum absolute atomic E-state index is 3.40. The van der Waals surface area contributed by atoms with Crippen molar-refractivity contribution in [2.75, 3.05) is 39.3 Å². The van der Waals surface area contributed by atoms with Crippen LogP contribution in [0, 0.1) is 0 Å². The summed E-state index contributed by atoms with van der Waals surface area (Å²) in [4.78, 5) is 0. The fourth-order valence-electron chi connectivity index (χ4n) is 1.33. The van der Waals surface area contributed by atoms with E-state index in [0.29, 0.717) is 12.1 Å². The molecule has 0 aromatic heterocycles. The molecule has 0 atom stereocenters. The van der Waals surface area contributed by atoms with Crippen LogP contribution in [0.15, 0.2) is 0 Å². The summed E-state index contributed by atoms with van der Waals surface area (Å²) in [6.45, 7) is 15.0. The second-order valence-corrected chi connectivity index (χ2v) is 4.72. The molecule has 0 spiro atoms. The molecule has 0 bridgehead atoms. The van der Waals surface area contributed by atoms with Crippen molar-refractivity contribution in [2.45, 2.75) is 39.8 Å². The molecule has 0 aromatic rings. The second kappa shape index (κ2) is 11.3. The first kappa shape index (κ1) is 15.8. The largest absolute Gasteiger partial charge is 0.314 e. The van der Waals surface area contributed by atoms with Gasteiger partial charge in [0.15, 0.2) is 0 Å². The lowest BCUT2D eigenvalue weighted by Gasteiger charge is -2.10. The van der Waals surface area contributed by atoms with Gasteiger partial charge in [0.05, 0.1) is 0 Å². The third-order valence-corrected chi connectivity index (χ3v) is 2.19. The molecule has 0 saturated heterocycles. The molecule has 4 N–H and O–H groups in total. The van der Waals surface area contributed by atoms with Crippen LogP contribution in [0.25, 0.3) is 0 Å². The molecular formula is C12H30N4. The molecule has 0 aromatic carbocycles. The highest BCUT2D eigenvalue weighted by molar-refractivity contribution is 4.59. The topological polar surface area (TPSA) is 48.1 Å². The highest BCUT2D eigenvalue weighted by Crippen LogP contribution is 1.74. The molecule has 4 nitrogen and oxygen atoms in total. The summed E-state index contributed by atoms with van der Waals surface area (Å²) in [5, 5.41) is 13.5. The standard InChI is InChI=1S/C12H30N4/c1-11(2)15-9-7-13-5-6-14-8-10-16-12(3)4/h11-16H,5-10H2,1-4H3. The van der Waals surface area contributed by atoms with E-state index in [2.05, 4.69) is 49.0 Å². The average Bonchev–Trinajstić information content (AvgIpc) is 2.20. The maximum Gasteiger partial charge on any atom is 0.00791 e. The van der Waals surface area contributed by atoms with Gasteiger partial charge in [0.2, 0.25) is 0 Å². The zero-order valence-corrected chi connectivity index (χ0v) is 11.4. The van der Waals surface area contributed by atoms with E-state index in [1.165, 1.54) is 0 Å². The van der Waals surface area contributed by atoms with Gasteiger partial charge in [-0.05, 0) is 0 Å². The lowest BCUT2D eigenvalue weighted by molar-refractivity contribution is 0.529. The van der Waals surface area contributed by atoms with Gasteiger partial charge in [-0.2, -0.15) is 0 Å². The predicted molar refractivity (Wildman–Crippen MR) is 72.0 cm³/mol. The SMILES string of the molecule is CC(C)NCCNCCNCCNC(C)C. The Kier molecular flexibility index (Phi) is 11.2. The Labute approximate surface area is 101 Å². The van der Waals surface area contributed by atoms with Gasteiger partial charge in [-0.3, -0.25) is 0 Å². The first-order valence-corrected chi connectivity index (χ1v) is 6.51. The van der Waals surface area contributed by atoms with Gasteiger partial charge in [0.25, 0.3) is 0 Å². The smallest absolute Gasteiger partial charge is 0.00791 e. The number of hydrogen-bond acceptors (Lipinski definition) is 4. The minimum atomic E-state index is 0.585. The molecule has 0 aliphatic heterocycles. The first-order chi connectivity index (χ1) is 7.63. The predicted octanol–water partition coefficient (Wildman–Crippen LogP) is 0.162. The molecule has 0 unspecified atom stereocenters. The van der Waals surface area contributed by atoms with Crippen LogP contribution in [0.4, 0.5) is 0 Å². The number of rotatable bonds is 11. The van der Waals surface area contributed by atoms with Gasteiger partial charge >= 0.3 is 0 Å².